The van der Waals surface area contributed by atoms with E-state index in [1.807, 2.05) is 0 Å². The van der Waals surface area contributed by atoms with Crippen molar-refractivity contribution in [3.05, 3.63) is 42.7 Å². The Balaban J connectivity index is 0.00000272. The van der Waals surface area contributed by atoms with Gasteiger partial charge in [0.15, 0.2) is 5.82 Å². The number of anilines is 1. The predicted octanol–water partition coefficient (Wildman–Crippen LogP) is 4.52. The van der Waals surface area contributed by atoms with Crippen LogP contribution in [0.15, 0.2) is 42.7 Å². The van der Waals surface area contributed by atoms with Gasteiger partial charge in [0.2, 0.25) is 0 Å². The number of hydrogen-bond acceptors (Lipinski definition) is 6. The van der Waals surface area contributed by atoms with Crippen LogP contribution in [0.25, 0.3) is 22.3 Å². The van der Waals surface area contributed by atoms with E-state index in [1.54, 1.807) is 6.07 Å². The number of pyridine rings is 1. The van der Waals surface area contributed by atoms with Crippen molar-refractivity contribution in [3.63, 3.8) is 0 Å². The van der Waals surface area contributed by atoms with Crippen molar-refractivity contribution in [2.24, 2.45) is 0 Å². The van der Waals surface area contributed by atoms with Crippen molar-refractivity contribution < 1.29 is 22.3 Å². The molecule has 11 heteroatoms. The van der Waals surface area contributed by atoms with E-state index >= 15 is 0 Å². The molecule has 166 valence electrons. The fourth-order valence-electron chi connectivity index (χ4n) is 3.39. The molecule has 0 amide bonds. The number of fused-ring (bicyclic) bond motifs is 1. The van der Waals surface area contributed by atoms with Gasteiger partial charge in [-0.15, -0.1) is 25.6 Å². The van der Waals surface area contributed by atoms with E-state index in [0.717, 1.165) is 13.0 Å². The van der Waals surface area contributed by atoms with Crippen molar-refractivity contribution in [1.29, 1.82) is 0 Å². The highest BCUT2D eigenvalue weighted by atomic mass is 35.5. The molecule has 4 rings (SSSR count). The highest BCUT2D eigenvalue weighted by Crippen LogP contribution is 2.29. The Kier molecular flexibility index (Phi) is 6.80. The second kappa shape index (κ2) is 9.19. The fourth-order valence-corrected chi connectivity index (χ4v) is 3.39. The first kappa shape index (κ1) is 23.0. The van der Waals surface area contributed by atoms with Crippen molar-refractivity contribution in [2.45, 2.75) is 24.9 Å². The highest BCUT2D eigenvalue weighted by Gasteiger charge is 2.32. The summed E-state index contributed by atoms with van der Waals surface area (Å²) in [5.74, 6) is 0.0446. The zero-order valence-corrected chi connectivity index (χ0v) is 17.1. The first-order valence-electron chi connectivity index (χ1n) is 9.43. The smallest absolute Gasteiger partial charge is 0.406 e. The summed E-state index contributed by atoms with van der Waals surface area (Å²) in [5.41, 5.74) is 0.662. The van der Waals surface area contributed by atoms with Crippen LogP contribution in [0.4, 0.5) is 23.4 Å². The van der Waals surface area contributed by atoms with Gasteiger partial charge in [-0.25, -0.2) is 14.4 Å². The summed E-state index contributed by atoms with van der Waals surface area (Å²) in [6.45, 7) is 1.10. The molecule has 1 atom stereocenters. The minimum Gasteiger partial charge on any atom is -0.406 e. The second-order valence-electron chi connectivity index (χ2n) is 7.14. The Labute approximate surface area is 181 Å². The third kappa shape index (κ3) is 5.71. The van der Waals surface area contributed by atoms with Crippen LogP contribution in [0.1, 0.15) is 12.8 Å². The number of alkyl halides is 4. The van der Waals surface area contributed by atoms with Gasteiger partial charge in [0, 0.05) is 24.5 Å². The van der Waals surface area contributed by atoms with Gasteiger partial charge < -0.3 is 15.4 Å². The molecule has 0 bridgehead atoms. The molecule has 0 spiro atoms. The summed E-state index contributed by atoms with van der Waals surface area (Å²) >= 11 is 0. The number of hydrogen-bond donors (Lipinski definition) is 2. The number of piperidine rings is 1. The molecule has 3 heterocycles. The maximum absolute atomic E-state index is 15.0. The Morgan fingerprint density at radius 3 is 2.55 bits per heavy atom. The lowest BCUT2D eigenvalue weighted by molar-refractivity contribution is -0.274. The van der Waals surface area contributed by atoms with E-state index in [2.05, 4.69) is 30.3 Å². The number of nitrogens with zero attached hydrogens (tertiary/aromatic N) is 3. The molecule has 0 aliphatic carbocycles. The van der Waals surface area contributed by atoms with Crippen LogP contribution in [0.5, 0.6) is 5.75 Å². The molecular formula is C20H20ClF4N5O. The van der Waals surface area contributed by atoms with E-state index < -0.39 is 12.0 Å². The fraction of sp³-hybridized carbons (Fsp3) is 0.350. The van der Waals surface area contributed by atoms with Crippen molar-refractivity contribution in [1.82, 2.24) is 20.3 Å². The maximum Gasteiger partial charge on any atom is 0.573 e. The third-order valence-electron chi connectivity index (χ3n) is 4.83. The molecule has 2 aromatic heterocycles. The number of benzene rings is 1. The molecule has 2 N–H and O–H groups in total. The monoisotopic (exact) mass is 457 g/mol. The SMILES string of the molecule is Cl.FC1(CNc2nc(-c3ccc(OC(F)(F)F)cc3)cc3nccnc23)CCCNC1. The largest absolute Gasteiger partial charge is 0.573 e. The quantitative estimate of drug-likeness (QED) is 0.549. The number of halogens is 5. The predicted molar refractivity (Wildman–Crippen MR) is 111 cm³/mol. The third-order valence-corrected chi connectivity index (χ3v) is 4.83. The zero-order chi connectivity index (χ0) is 21.2. The van der Waals surface area contributed by atoms with Gasteiger partial charge in [-0.2, -0.15) is 0 Å². The Hall–Kier alpha value is -2.72. The van der Waals surface area contributed by atoms with E-state index in [1.165, 1.54) is 36.7 Å². The summed E-state index contributed by atoms with van der Waals surface area (Å²) in [5, 5.41) is 6.10. The van der Waals surface area contributed by atoms with E-state index in [9.17, 15) is 17.6 Å². The van der Waals surface area contributed by atoms with Gasteiger partial charge in [0.1, 0.15) is 16.9 Å². The molecule has 6 nitrogen and oxygen atoms in total. The topological polar surface area (TPSA) is 72.0 Å². The first-order chi connectivity index (χ1) is 14.3. The molecule has 1 unspecified atom stereocenters. The lowest BCUT2D eigenvalue weighted by atomic mass is 9.96. The summed E-state index contributed by atoms with van der Waals surface area (Å²) in [6.07, 6.45) is -0.523. The molecule has 3 aromatic rings. The van der Waals surface area contributed by atoms with Gasteiger partial charge in [0.25, 0.3) is 0 Å². The summed E-state index contributed by atoms with van der Waals surface area (Å²) < 4.78 is 56.0. The van der Waals surface area contributed by atoms with Crippen molar-refractivity contribution in [3.8, 4) is 17.0 Å². The normalized spacial score (nSPS) is 19.0. The summed E-state index contributed by atoms with van der Waals surface area (Å²) in [6, 6.07) is 7.04. The molecule has 1 fully saturated rings. The van der Waals surface area contributed by atoms with Gasteiger partial charge >= 0.3 is 6.36 Å². The molecule has 0 radical (unpaired) electrons. The minimum absolute atomic E-state index is 0. The molecule has 1 aromatic carbocycles. The molecule has 1 saturated heterocycles. The number of nitrogens with one attached hydrogen (secondary N) is 2. The summed E-state index contributed by atoms with van der Waals surface area (Å²) in [7, 11) is 0. The van der Waals surface area contributed by atoms with Gasteiger partial charge in [-0.05, 0) is 49.7 Å². The number of rotatable bonds is 5. The maximum atomic E-state index is 15.0. The van der Waals surface area contributed by atoms with Crippen molar-refractivity contribution in [2.75, 3.05) is 25.0 Å². The van der Waals surface area contributed by atoms with E-state index in [0.29, 0.717) is 34.5 Å². The van der Waals surface area contributed by atoms with E-state index in [4.69, 9.17) is 0 Å². The van der Waals surface area contributed by atoms with Crippen LogP contribution in [-0.4, -0.2) is 46.6 Å². The molecule has 1 aliphatic rings. The van der Waals surface area contributed by atoms with Crippen LogP contribution >= 0.6 is 12.4 Å². The molecule has 1 aliphatic heterocycles. The number of ether oxygens (including phenoxy) is 1. The van der Waals surface area contributed by atoms with Gasteiger partial charge in [-0.1, -0.05) is 0 Å². The van der Waals surface area contributed by atoms with Crippen molar-refractivity contribution >= 4 is 29.3 Å². The minimum atomic E-state index is -4.76. The average Bonchev–Trinajstić information content (AvgIpc) is 2.72. The molecule has 0 saturated carbocycles. The highest BCUT2D eigenvalue weighted by molar-refractivity contribution is 5.88. The lowest BCUT2D eigenvalue weighted by Crippen LogP contribution is -2.46. The average molecular weight is 458 g/mol. The van der Waals surface area contributed by atoms with Crippen LogP contribution in [0, 0.1) is 0 Å². The van der Waals surface area contributed by atoms with Gasteiger partial charge in [0.05, 0.1) is 17.8 Å². The van der Waals surface area contributed by atoms with Crippen LogP contribution in [-0.2, 0) is 0 Å². The standard InChI is InChI=1S/C20H19F4N5O.ClH/c21-19(6-1-7-25-11-19)12-28-18-17-16(26-8-9-27-17)10-15(29-18)13-2-4-14(5-3-13)30-20(22,23)24;/h2-5,8-10,25H,1,6-7,11-12H2,(H,28,29);1H. The molecular weight excluding hydrogens is 438 g/mol. The lowest BCUT2D eigenvalue weighted by Gasteiger charge is -2.30. The van der Waals surface area contributed by atoms with Crippen LogP contribution < -0.4 is 15.4 Å². The zero-order valence-electron chi connectivity index (χ0n) is 16.2. The number of aromatic nitrogens is 3. The summed E-state index contributed by atoms with van der Waals surface area (Å²) in [4.78, 5) is 13.1. The Morgan fingerprint density at radius 1 is 1.13 bits per heavy atom. The van der Waals surface area contributed by atoms with Crippen LogP contribution in [0.2, 0.25) is 0 Å². The Bertz CT molecular complexity index is 1030. The van der Waals surface area contributed by atoms with Crippen LogP contribution in [0.3, 0.4) is 0 Å². The Morgan fingerprint density at radius 2 is 1.87 bits per heavy atom. The van der Waals surface area contributed by atoms with E-state index in [-0.39, 0.29) is 31.2 Å². The second-order valence-corrected chi connectivity index (χ2v) is 7.14. The first-order valence-corrected chi connectivity index (χ1v) is 9.43. The van der Waals surface area contributed by atoms with Gasteiger partial charge in [-0.3, -0.25) is 4.98 Å². The molecule has 31 heavy (non-hydrogen) atoms.